The minimum atomic E-state index is -4.59. The maximum Gasteiger partial charge on any atom is 0.429 e. The predicted molar refractivity (Wildman–Crippen MR) is 44.8 cm³/mol. The lowest BCUT2D eigenvalue weighted by atomic mass is 9.96. The van der Waals surface area contributed by atoms with Crippen LogP contribution in [0.5, 0.6) is 0 Å². The average Bonchev–Trinajstić information content (AvgIpc) is 2.01. The Kier molecular flexibility index (Phi) is 3.93. The summed E-state index contributed by atoms with van der Waals surface area (Å²) in [7, 11) is 2.98. The number of carbonyl (C=O) groups excluding carboxylic acids is 1. The Morgan fingerprint density at radius 3 is 2.00 bits per heavy atom. The van der Waals surface area contributed by atoms with Crippen molar-refractivity contribution in [3.63, 3.8) is 0 Å². The van der Waals surface area contributed by atoms with E-state index in [-0.39, 0.29) is 6.47 Å². The first kappa shape index (κ1) is 13.2. The van der Waals surface area contributed by atoms with Gasteiger partial charge in [0.15, 0.2) is 0 Å². The molecule has 14 heavy (non-hydrogen) atoms. The first-order valence-corrected chi connectivity index (χ1v) is 4.01. The van der Waals surface area contributed by atoms with Crippen LogP contribution in [-0.4, -0.2) is 43.3 Å². The van der Waals surface area contributed by atoms with E-state index in [1.807, 2.05) is 0 Å². The van der Waals surface area contributed by atoms with E-state index in [9.17, 15) is 18.0 Å². The van der Waals surface area contributed by atoms with Crippen LogP contribution < -0.4 is 0 Å². The molecule has 0 rings (SSSR count). The average molecular weight is 213 g/mol. The van der Waals surface area contributed by atoms with Crippen LogP contribution in [0.1, 0.15) is 13.8 Å². The summed E-state index contributed by atoms with van der Waals surface area (Å²) in [5, 5.41) is 0. The highest BCUT2D eigenvalue weighted by Crippen LogP contribution is 2.36. The van der Waals surface area contributed by atoms with Crippen molar-refractivity contribution >= 4 is 6.47 Å². The van der Waals surface area contributed by atoms with Gasteiger partial charge in [0.2, 0.25) is 5.60 Å². The number of likely N-dealkylation sites (N-methyl/N-ethyl adjacent to an activating group) is 1. The minimum absolute atomic E-state index is 0.173. The molecule has 0 spiro atoms. The monoisotopic (exact) mass is 213 g/mol. The number of ether oxygens (including phenoxy) is 1. The second-order valence-corrected chi connectivity index (χ2v) is 3.46. The fourth-order valence-corrected chi connectivity index (χ4v) is 0.995. The molecule has 0 fully saturated rings. The lowest BCUT2D eigenvalue weighted by Gasteiger charge is -2.38. The lowest BCUT2D eigenvalue weighted by Crippen LogP contribution is -2.57. The molecule has 84 valence electrons. The Bertz CT molecular complexity index is 205. The Labute approximate surface area is 80.8 Å². The summed E-state index contributed by atoms with van der Waals surface area (Å²) in [5.41, 5.74) is -2.47. The molecule has 0 aromatic carbocycles. The van der Waals surface area contributed by atoms with Gasteiger partial charge in [0, 0.05) is 0 Å². The molecule has 0 saturated carbocycles. The Morgan fingerprint density at radius 2 is 1.79 bits per heavy atom. The fourth-order valence-electron chi connectivity index (χ4n) is 0.995. The van der Waals surface area contributed by atoms with Gasteiger partial charge in [0.05, 0.1) is 6.04 Å². The van der Waals surface area contributed by atoms with Crippen LogP contribution in [0, 0.1) is 0 Å². The van der Waals surface area contributed by atoms with Crippen LogP contribution in [0.4, 0.5) is 13.2 Å². The van der Waals surface area contributed by atoms with Gasteiger partial charge in [-0.05, 0) is 27.9 Å². The second kappa shape index (κ2) is 4.16. The zero-order valence-corrected chi connectivity index (χ0v) is 8.55. The molecule has 6 heteroatoms. The van der Waals surface area contributed by atoms with Crippen LogP contribution in [0.3, 0.4) is 0 Å². The van der Waals surface area contributed by atoms with Gasteiger partial charge in [-0.25, -0.2) is 0 Å². The Morgan fingerprint density at radius 1 is 1.36 bits per heavy atom. The number of rotatable bonds is 4. The third-order valence-electron chi connectivity index (χ3n) is 2.43. The largest absolute Gasteiger partial charge is 0.450 e. The predicted octanol–water partition coefficient (Wildman–Crippen LogP) is 1.43. The normalized spacial score (nSPS) is 18.9. The number of hydrogen-bond acceptors (Lipinski definition) is 3. The van der Waals surface area contributed by atoms with E-state index in [4.69, 9.17) is 0 Å². The summed E-state index contributed by atoms with van der Waals surface area (Å²) in [5.74, 6) is 0. The highest BCUT2D eigenvalue weighted by Gasteiger charge is 2.57. The van der Waals surface area contributed by atoms with E-state index in [1.165, 1.54) is 25.9 Å². The van der Waals surface area contributed by atoms with Crippen molar-refractivity contribution in [3.8, 4) is 0 Å². The number of halogens is 3. The highest BCUT2D eigenvalue weighted by atomic mass is 19.4. The topological polar surface area (TPSA) is 29.5 Å². The van der Waals surface area contributed by atoms with E-state index in [1.54, 1.807) is 0 Å². The standard InChI is InChI=1S/C8H14F3NO2/c1-6(12(3)4)7(2,14-5-13)8(9,10)11/h5-6H,1-4H3. The molecule has 0 amide bonds. The molecule has 3 nitrogen and oxygen atoms in total. The maximum atomic E-state index is 12.6. The van der Waals surface area contributed by atoms with Crippen LogP contribution in [0.15, 0.2) is 0 Å². The summed E-state index contributed by atoms with van der Waals surface area (Å²) >= 11 is 0. The lowest BCUT2D eigenvalue weighted by molar-refractivity contribution is -0.273. The maximum absolute atomic E-state index is 12.6. The van der Waals surface area contributed by atoms with Gasteiger partial charge in [-0.1, -0.05) is 0 Å². The molecular weight excluding hydrogens is 199 g/mol. The number of nitrogens with zero attached hydrogens (tertiary/aromatic N) is 1. The van der Waals surface area contributed by atoms with E-state index in [2.05, 4.69) is 4.74 Å². The molecule has 0 aliphatic carbocycles. The summed E-state index contributed by atoms with van der Waals surface area (Å²) < 4.78 is 41.9. The van der Waals surface area contributed by atoms with Gasteiger partial charge in [-0.2, -0.15) is 13.2 Å². The van der Waals surface area contributed by atoms with Crippen LogP contribution >= 0.6 is 0 Å². The second-order valence-electron chi connectivity index (χ2n) is 3.46. The summed E-state index contributed by atoms with van der Waals surface area (Å²) in [6, 6.07) is -0.951. The van der Waals surface area contributed by atoms with Crippen molar-refractivity contribution in [2.24, 2.45) is 0 Å². The third-order valence-corrected chi connectivity index (χ3v) is 2.43. The van der Waals surface area contributed by atoms with Crippen LogP contribution in [0.25, 0.3) is 0 Å². The van der Waals surface area contributed by atoms with Gasteiger partial charge in [0.1, 0.15) is 0 Å². The number of hydrogen-bond donors (Lipinski definition) is 0. The van der Waals surface area contributed by atoms with Gasteiger partial charge in [0.25, 0.3) is 6.47 Å². The highest BCUT2D eigenvalue weighted by molar-refractivity contribution is 5.39. The van der Waals surface area contributed by atoms with E-state index < -0.39 is 17.8 Å². The quantitative estimate of drug-likeness (QED) is 0.661. The van der Waals surface area contributed by atoms with Gasteiger partial charge in [-0.15, -0.1) is 0 Å². The number of carbonyl (C=O) groups is 1. The molecule has 0 aromatic rings. The fraction of sp³-hybridized carbons (Fsp3) is 0.875. The Hall–Kier alpha value is -0.780. The van der Waals surface area contributed by atoms with Crippen molar-refractivity contribution in [3.05, 3.63) is 0 Å². The smallest absolute Gasteiger partial charge is 0.429 e. The van der Waals surface area contributed by atoms with E-state index in [0.717, 1.165) is 6.92 Å². The van der Waals surface area contributed by atoms with Crippen molar-refractivity contribution in [2.45, 2.75) is 31.7 Å². The van der Waals surface area contributed by atoms with Crippen LogP contribution in [0.2, 0.25) is 0 Å². The zero-order valence-electron chi connectivity index (χ0n) is 8.55. The van der Waals surface area contributed by atoms with E-state index >= 15 is 0 Å². The van der Waals surface area contributed by atoms with Crippen LogP contribution in [-0.2, 0) is 9.53 Å². The molecule has 0 aromatic heterocycles. The van der Waals surface area contributed by atoms with Gasteiger partial charge < -0.3 is 9.64 Å². The molecule has 0 radical (unpaired) electrons. The molecular formula is C8H14F3NO2. The zero-order chi connectivity index (χ0) is 11.6. The minimum Gasteiger partial charge on any atom is -0.450 e. The summed E-state index contributed by atoms with van der Waals surface area (Å²) in [6.45, 7) is 2.02. The molecule has 0 aliphatic heterocycles. The molecule has 2 unspecified atom stereocenters. The molecule has 0 saturated heterocycles. The molecule has 0 N–H and O–H groups in total. The third kappa shape index (κ3) is 2.37. The number of alkyl halides is 3. The molecule has 0 heterocycles. The summed E-state index contributed by atoms with van der Waals surface area (Å²) in [6.07, 6.45) is -4.59. The van der Waals surface area contributed by atoms with Crippen molar-refractivity contribution in [1.82, 2.24) is 4.90 Å². The van der Waals surface area contributed by atoms with Gasteiger partial charge >= 0.3 is 6.18 Å². The molecule has 0 aliphatic rings. The van der Waals surface area contributed by atoms with Gasteiger partial charge in [-0.3, -0.25) is 4.79 Å². The summed E-state index contributed by atoms with van der Waals surface area (Å²) in [4.78, 5) is 11.4. The SMILES string of the molecule is CC(N(C)C)C(C)(OC=O)C(F)(F)F. The first-order chi connectivity index (χ1) is 6.16. The van der Waals surface area contributed by atoms with E-state index in [0.29, 0.717) is 0 Å². The van der Waals surface area contributed by atoms with Crippen molar-refractivity contribution < 1.29 is 22.7 Å². The Balaban J connectivity index is 4.99. The van der Waals surface area contributed by atoms with Crippen molar-refractivity contribution in [1.29, 1.82) is 0 Å². The van der Waals surface area contributed by atoms with Crippen molar-refractivity contribution in [2.75, 3.05) is 14.1 Å². The first-order valence-electron chi connectivity index (χ1n) is 4.01. The molecule has 2 atom stereocenters. The molecule has 0 bridgehead atoms.